The molecule has 0 saturated carbocycles. The molecular formula is C17H19NO6. The fourth-order valence-corrected chi connectivity index (χ4v) is 2.05. The monoisotopic (exact) mass is 333 g/mol. The molecule has 0 radical (unpaired) electrons. The third-order valence-electron chi connectivity index (χ3n) is 3.21. The Morgan fingerprint density at radius 2 is 1.92 bits per heavy atom. The van der Waals surface area contributed by atoms with Crippen molar-refractivity contribution in [3.05, 3.63) is 46.1 Å². The third-order valence-corrected chi connectivity index (χ3v) is 3.21. The maximum atomic E-state index is 12.2. The van der Waals surface area contributed by atoms with Crippen LogP contribution in [-0.2, 0) is 9.53 Å². The van der Waals surface area contributed by atoms with E-state index in [4.69, 9.17) is 18.6 Å². The number of aryl methyl sites for hydroxylation is 1. The maximum Gasteiger partial charge on any atom is 0.375 e. The molecule has 0 fully saturated rings. The van der Waals surface area contributed by atoms with Crippen molar-refractivity contribution in [1.29, 1.82) is 0 Å². The van der Waals surface area contributed by atoms with Gasteiger partial charge in [-0.2, -0.15) is 0 Å². The summed E-state index contributed by atoms with van der Waals surface area (Å²) in [5, 5.41) is 0.371. The van der Waals surface area contributed by atoms with Gasteiger partial charge in [0.1, 0.15) is 5.58 Å². The molecule has 0 aliphatic rings. The Bertz CT molecular complexity index is 850. The number of carbonyl (C=O) groups is 1. The summed E-state index contributed by atoms with van der Waals surface area (Å²) >= 11 is 0. The number of esters is 1. The van der Waals surface area contributed by atoms with Crippen LogP contribution in [-0.4, -0.2) is 39.2 Å². The first-order valence-corrected chi connectivity index (χ1v) is 7.12. The number of methoxy groups -OCH3 is 2. The Kier molecular flexibility index (Phi) is 5.13. The van der Waals surface area contributed by atoms with E-state index in [0.717, 1.165) is 0 Å². The Labute approximate surface area is 139 Å². The lowest BCUT2D eigenvalue weighted by atomic mass is 10.1. The largest absolute Gasteiger partial charge is 0.493 e. The molecule has 0 spiro atoms. The van der Waals surface area contributed by atoms with E-state index in [1.807, 2.05) is 0 Å². The Morgan fingerprint density at radius 3 is 2.50 bits per heavy atom. The second kappa shape index (κ2) is 7.08. The first-order chi connectivity index (χ1) is 11.4. The van der Waals surface area contributed by atoms with Crippen molar-refractivity contribution in [2.24, 2.45) is 0 Å². The lowest BCUT2D eigenvalue weighted by Crippen LogP contribution is -2.15. The molecule has 0 bridgehead atoms. The fourth-order valence-electron chi connectivity index (χ4n) is 2.05. The van der Waals surface area contributed by atoms with Gasteiger partial charge in [-0.15, -0.1) is 0 Å². The SMILES string of the molecule is COC(=O)/C(=C/N(C)C)Oc1cc2occ(C)c(=O)c2cc1OC. The van der Waals surface area contributed by atoms with Crippen LogP contribution in [0.4, 0.5) is 0 Å². The molecule has 1 heterocycles. The molecule has 2 rings (SSSR count). The standard InChI is InChI=1S/C17H19NO6/c1-10-9-23-12-7-14(13(21-4)6-11(12)16(10)19)24-15(8-18(2)3)17(20)22-5/h6-9H,1-5H3/b15-8-. The van der Waals surface area contributed by atoms with E-state index < -0.39 is 5.97 Å². The van der Waals surface area contributed by atoms with Gasteiger partial charge in [-0.3, -0.25) is 4.79 Å². The first kappa shape index (κ1) is 17.4. The van der Waals surface area contributed by atoms with Gasteiger partial charge in [0, 0.05) is 31.9 Å². The Hall–Kier alpha value is -2.96. The molecule has 0 unspecified atom stereocenters. The van der Waals surface area contributed by atoms with Gasteiger partial charge in [-0.1, -0.05) is 0 Å². The molecule has 7 nitrogen and oxygen atoms in total. The number of carbonyl (C=O) groups excluding carboxylic acids is 1. The van der Waals surface area contributed by atoms with Crippen molar-refractivity contribution in [2.75, 3.05) is 28.3 Å². The molecule has 1 aromatic carbocycles. The Balaban J connectivity index is 2.57. The highest BCUT2D eigenvalue weighted by atomic mass is 16.6. The van der Waals surface area contributed by atoms with Crippen LogP contribution in [0.1, 0.15) is 5.56 Å². The minimum atomic E-state index is -0.642. The summed E-state index contributed by atoms with van der Waals surface area (Å²) in [4.78, 5) is 25.7. The molecule has 0 atom stereocenters. The minimum Gasteiger partial charge on any atom is -0.493 e. The van der Waals surface area contributed by atoms with Crippen LogP contribution in [0.15, 0.2) is 39.6 Å². The van der Waals surface area contributed by atoms with E-state index in [9.17, 15) is 9.59 Å². The molecule has 0 aliphatic heterocycles. The zero-order valence-corrected chi connectivity index (χ0v) is 14.2. The smallest absolute Gasteiger partial charge is 0.375 e. The van der Waals surface area contributed by atoms with Crippen molar-refractivity contribution >= 4 is 16.9 Å². The van der Waals surface area contributed by atoms with Crippen LogP contribution in [0.3, 0.4) is 0 Å². The predicted octanol–water partition coefficient (Wildman–Crippen LogP) is 2.06. The lowest BCUT2D eigenvalue weighted by molar-refractivity contribution is -0.138. The fraction of sp³-hybridized carbons (Fsp3) is 0.294. The van der Waals surface area contributed by atoms with E-state index in [1.54, 1.807) is 25.9 Å². The number of nitrogens with zero attached hydrogens (tertiary/aromatic N) is 1. The summed E-state index contributed by atoms with van der Waals surface area (Å²) in [7, 11) is 6.19. The number of hydrogen-bond acceptors (Lipinski definition) is 7. The molecule has 24 heavy (non-hydrogen) atoms. The van der Waals surface area contributed by atoms with Crippen LogP contribution in [0.2, 0.25) is 0 Å². The average Bonchev–Trinajstić information content (AvgIpc) is 2.56. The highest BCUT2D eigenvalue weighted by Gasteiger charge is 2.18. The van der Waals surface area contributed by atoms with Crippen LogP contribution < -0.4 is 14.9 Å². The molecule has 7 heteroatoms. The molecule has 0 N–H and O–H groups in total. The van der Waals surface area contributed by atoms with Crippen molar-refractivity contribution in [3.8, 4) is 11.5 Å². The molecule has 0 saturated heterocycles. The maximum absolute atomic E-state index is 12.2. The van der Waals surface area contributed by atoms with Gasteiger partial charge in [0.2, 0.25) is 5.76 Å². The summed E-state index contributed by atoms with van der Waals surface area (Å²) in [6, 6.07) is 3.02. The van der Waals surface area contributed by atoms with E-state index >= 15 is 0 Å². The normalized spacial score (nSPS) is 11.3. The highest BCUT2D eigenvalue weighted by molar-refractivity contribution is 5.87. The molecular weight excluding hydrogens is 314 g/mol. The molecule has 1 aromatic heterocycles. The van der Waals surface area contributed by atoms with Crippen LogP contribution in [0, 0.1) is 6.92 Å². The highest BCUT2D eigenvalue weighted by Crippen LogP contribution is 2.32. The first-order valence-electron chi connectivity index (χ1n) is 7.12. The predicted molar refractivity (Wildman–Crippen MR) is 88.2 cm³/mol. The number of hydrogen-bond donors (Lipinski definition) is 0. The number of rotatable bonds is 5. The van der Waals surface area contributed by atoms with Gasteiger partial charge < -0.3 is 23.5 Å². The molecule has 0 aliphatic carbocycles. The van der Waals surface area contributed by atoms with Crippen molar-refractivity contribution in [3.63, 3.8) is 0 Å². The van der Waals surface area contributed by atoms with Crippen molar-refractivity contribution in [1.82, 2.24) is 4.90 Å². The second-order valence-electron chi connectivity index (χ2n) is 5.30. The lowest BCUT2D eigenvalue weighted by Gasteiger charge is -2.14. The molecule has 2 aromatic rings. The van der Waals surface area contributed by atoms with Gasteiger partial charge in [-0.05, 0) is 13.0 Å². The summed E-state index contributed by atoms with van der Waals surface area (Å²) in [5.74, 6) is -0.143. The van der Waals surface area contributed by atoms with Gasteiger partial charge >= 0.3 is 5.97 Å². The van der Waals surface area contributed by atoms with Gasteiger partial charge in [-0.25, -0.2) is 4.79 Å². The quantitative estimate of drug-likeness (QED) is 0.471. The van der Waals surface area contributed by atoms with Crippen molar-refractivity contribution in [2.45, 2.75) is 6.92 Å². The van der Waals surface area contributed by atoms with Gasteiger partial charge in [0.15, 0.2) is 16.9 Å². The van der Waals surface area contributed by atoms with E-state index in [1.165, 1.54) is 38.8 Å². The summed E-state index contributed by atoms with van der Waals surface area (Å²) in [6.45, 7) is 1.66. The summed E-state index contributed by atoms with van der Waals surface area (Å²) in [5.41, 5.74) is 0.662. The number of benzene rings is 1. The van der Waals surface area contributed by atoms with E-state index in [-0.39, 0.29) is 16.9 Å². The summed E-state index contributed by atoms with van der Waals surface area (Å²) in [6.07, 6.45) is 2.85. The Morgan fingerprint density at radius 1 is 1.21 bits per heavy atom. The van der Waals surface area contributed by atoms with Crippen molar-refractivity contribution < 1.29 is 23.4 Å². The topological polar surface area (TPSA) is 78.2 Å². The zero-order chi connectivity index (χ0) is 17.9. The van der Waals surface area contributed by atoms with E-state index in [0.29, 0.717) is 22.3 Å². The average molecular weight is 333 g/mol. The molecule has 0 amide bonds. The minimum absolute atomic E-state index is 0.0328. The van der Waals surface area contributed by atoms with Gasteiger partial charge in [0.05, 0.1) is 25.9 Å². The second-order valence-corrected chi connectivity index (χ2v) is 5.30. The van der Waals surface area contributed by atoms with Crippen LogP contribution in [0.5, 0.6) is 11.5 Å². The van der Waals surface area contributed by atoms with Crippen LogP contribution in [0.25, 0.3) is 11.0 Å². The van der Waals surface area contributed by atoms with Gasteiger partial charge in [0.25, 0.3) is 0 Å². The van der Waals surface area contributed by atoms with E-state index in [2.05, 4.69) is 0 Å². The number of ether oxygens (including phenoxy) is 3. The van der Waals surface area contributed by atoms with Crippen LogP contribution >= 0.6 is 0 Å². The molecule has 128 valence electrons. The number of fused-ring (bicyclic) bond motifs is 1. The zero-order valence-electron chi connectivity index (χ0n) is 14.2. The third kappa shape index (κ3) is 3.51. The summed E-state index contributed by atoms with van der Waals surface area (Å²) < 4.78 is 21.0.